The van der Waals surface area contributed by atoms with Gasteiger partial charge < -0.3 is 9.11 Å². The van der Waals surface area contributed by atoms with Crippen molar-refractivity contribution in [3.63, 3.8) is 0 Å². The summed E-state index contributed by atoms with van der Waals surface area (Å²) in [6.07, 6.45) is 17.4. The zero-order valence-corrected chi connectivity index (χ0v) is 20.9. The van der Waals surface area contributed by atoms with E-state index in [0.29, 0.717) is 15.8 Å². The van der Waals surface area contributed by atoms with E-state index in [1.165, 1.54) is 75.5 Å². The molecule has 25 heavy (non-hydrogen) atoms. The molecule has 1 unspecified atom stereocenters. The molecule has 1 atom stereocenters. The molecule has 0 bridgehead atoms. The van der Waals surface area contributed by atoms with Crippen molar-refractivity contribution >= 4 is 39.6 Å². The molecule has 0 aromatic heterocycles. The molecule has 0 spiro atoms. The second-order valence-electron chi connectivity index (χ2n) is 5.90. The Morgan fingerprint density at radius 2 is 0.760 bits per heavy atom. The molecule has 0 amide bonds. The van der Waals surface area contributed by atoms with Crippen LogP contribution in [-0.2, 0) is 11.4 Å². The first-order valence-electron chi connectivity index (χ1n) is 9.66. The van der Waals surface area contributed by atoms with Gasteiger partial charge in [0.1, 0.15) is 0 Å². The Morgan fingerprint density at radius 3 is 0.840 bits per heavy atom. The van der Waals surface area contributed by atoms with Crippen LogP contribution in [0.15, 0.2) is 0 Å². The topological polar surface area (TPSA) is 60.4 Å². The molecule has 0 aromatic rings. The molecule has 0 heterocycles. The molecule has 3 nitrogen and oxygen atoms in total. The molecule has 1 N–H and O–H groups in total. The highest BCUT2D eigenvalue weighted by Gasteiger charge is 2.03. The smallest absolute Gasteiger partial charge is 0.0814 e. The monoisotopic (exact) mass is 437 g/mol. The lowest BCUT2D eigenvalue weighted by Crippen LogP contribution is -1.92. The number of halogens is 1. The van der Waals surface area contributed by atoms with Crippen molar-refractivity contribution in [1.29, 1.82) is 0 Å². The van der Waals surface area contributed by atoms with E-state index < -0.39 is 11.4 Å². The fourth-order valence-corrected chi connectivity index (χ4v) is 7.70. The van der Waals surface area contributed by atoms with Crippen molar-refractivity contribution in [3.05, 3.63) is 0 Å². The molecule has 0 aromatic carbocycles. The molecule has 7 heteroatoms. The molecule has 158 valence electrons. The minimum Gasteiger partial charge on any atom is -0.750 e. The molecular weight excluding hydrogens is 394 g/mol. The number of hydrogen-bond donors (Lipinski definition) is 1. The van der Waals surface area contributed by atoms with Crippen LogP contribution in [0, 0.1) is 0 Å². The molecule has 0 fully saturated rings. The quantitative estimate of drug-likeness (QED) is 0.260. The first-order chi connectivity index (χ1) is 11.4. The van der Waals surface area contributed by atoms with Gasteiger partial charge in [-0.15, -0.1) is 28.3 Å². The minimum absolute atomic E-state index is 0. The molecular formula is C18H44ClO3P2S-. The Labute approximate surface area is 169 Å². The van der Waals surface area contributed by atoms with Gasteiger partial charge in [-0.05, 0) is 37.0 Å². The van der Waals surface area contributed by atoms with Crippen LogP contribution in [-0.4, -0.2) is 50.3 Å². The van der Waals surface area contributed by atoms with E-state index in [0.717, 1.165) is 0 Å². The molecule has 0 aliphatic rings. The Kier molecular flexibility index (Phi) is 40.5. The van der Waals surface area contributed by atoms with E-state index >= 15 is 0 Å². The molecule has 0 aliphatic heterocycles. The Bertz CT molecular complexity index is 200. The Balaban J connectivity index is -0.000000141. The van der Waals surface area contributed by atoms with Gasteiger partial charge in [-0.25, -0.2) is 4.21 Å². The minimum atomic E-state index is -2.86. The van der Waals surface area contributed by atoms with Crippen LogP contribution in [0.5, 0.6) is 0 Å². The first-order valence-corrected chi connectivity index (χ1v) is 14.5. The highest BCUT2D eigenvalue weighted by molar-refractivity contribution is 7.73. The summed E-state index contributed by atoms with van der Waals surface area (Å²) in [4.78, 5) is 0. The standard InChI is InChI=1S/2C9H21P.ClH.H2O3S/c2*1-4-7-10(8-5-2)9-6-3;;1-4(2)3/h2*4-9H2,1-3H3;1H;(H2,1,2,3)/p-1. The lowest BCUT2D eigenvalue weighted by Gasteiger charge is -2.13. The molecule has 0 rings (SSSR count). The van der Waals surface area contributed by atoms with Gasteiger partial charge in [0.25, 0.3) is 0 Å². The predicted octanol–water partition coefficient (Wildman–Crippen LogP) is 7.16. The summed E-state index contributed by atoms with van der Waals surface area (Å²) in [6.45, 7) is 13.8. The van der Waals surface area contributed by atoms with Crippen LogP contribution in [0.3, 0.4) is 0 Å². The zero-order valence-electron chi connectivity index (χ0n) is 17.5. The fraction of sp³-hybridized carbons (Fsp3) is 1.00. The summed E-state index contributed by atoms with van der Waals surface area (Å²) < 4.78 is 24.1. The molecule has 0 radical (unpaired) electrons. The summed E-state index contributed by atoms with van der Waals surface area (Å²) in [7, 11) is 0.878. The van der Waals surface area contributed by atoms with Crippen LogP contribution >= 0.6 is 28.3 Å². The van der Waals surface area contributed by atoms with E-state index in [-0.39, 0.29) is 12.4 Å². The maximum absolute atomic E-state index is 8.56. The van der Waals surface area contributed by atoms with Crippen molar-refractivity contribution < 1.29 is 13.3 Å². The van der Waals surface area contributed by atoms with Gasteiger partial charge in [0.15, 0.2) is 0 Å². The van der Waals surface area contributed by atoms with Crippen molar-refractivity contribution in [2.24, 2.45) is 0 Å². The van der Waals surface area contributed by atoms with Crippen LogP contribution in [0.1, 0.15) is 80.1 Å². The summed E-state index contributed by atoms with van der Waals surface area (Å²) in [5, 5.41) is 0. The number of rotatable bonds is 12. The van der Waals surface area contributed by atoms with Gasteiger partial charge in [0.05, 0.1) is 11.4 Å². The van der Waals surface area contributed by atoms with E-state index in [1.807, 2.05) is 0 Å². The maximum atomic E-state index is 8.56. The third kappa shape index (κ3) is 36.8. The lowest BCUT2D eigenvalue weighted by atomic mass is 10.6. The van der Waals surface area contributed by atoms with E-state index in [1.54, 1.807) is 0 Å². The van der Waals surface area contributed by atoms with Crippen LogP contribution < -0.4 is 0 Å². The highest BCUT2D eigenvalue weighted by atomic mass is 35.5. The second-order valence-corrected chi connectivity index (χ2v) is 11.7. The molecule has 0 saturated heterocycles. The van der Waals surface area contributed by atoms with Crippen LogP contribution in [0.25, 0.3) is 0 Å². The average Bonchev–Trinajstić information content (AvgIpc) is 2.49. The summed E-state index contributed by atoms with van der Waals surface area (Å²) in [6, 6.07) is 0. The molecule has 0 saturated carbocycles. The van der Waals surface area contributed by atoms with Crippen molar-refractivity contribution in [1.82, 2.24) is 0 Å². The van der Waals surface area contributed by atoms with Gasteiger partial charge in [0.2, 0.25) is 0 Å². The Morgan fingerprint density at radius 1 is 0.640 bits per heavy atom. The average molecular weight is 438 g/mol. The van der Waals surface area contributed by atoms with Gasteiger partial charge >= 0.3 is 0 Å². The summed E-state index contributed by atoms with van der Waals surface area (Å²) >= 11 is -2.86. The SMILES string of the molecule is CCCP(CCC)CCC.CCCP(CCC)CCC.Cl.O=S([O-])O. The van der Waals surface area contributed by atoms with Gasteiger partial charge in [-0.3, -0.25) is 0 Å². The van der Waals surface area contributed by atoms with E-state index in [4.69, 9.17) is 13.3 Å². The van der Waals surface area contributed by atoms with Crippen LogP contribution in [0.4, 0.5) is 0 Å². The summed E-state index contributed by atoms with van der Waals surface area (Å²) in [5.41, 5.74) is 0. The van der Waals surface area contributed by atoms with Gasteiger partial charge in [-0.1, -0.05) is 80.1 Å². The third-order valence-corrected chi connectivity index (χ3v) is 9.72. The second kappa shape index (κ2) is 30.0. The van der Waals surface area contributed by atoms with E-state index in [2.05, 4.69) is 41.5 Å². The van der Waals surface area contributed by atoms with Gasteiger partial charge in [0, 0.05) is 0 Å². The predicted molar refractivity (Wildman–Crippen MR) is 124 cm³/mol. The van der Waals surface area contributed by atoms with Gasteiger partial charge in [-0.2, -0.15) is 0 Å². The third-order valence-electron chi connectivity index (χ3n) is 3.24. The highest BCUT2D eigenvalue weighted by Crippen LogP contribution is 2.37. The first kappa shape index (κ1) is 33.8. The van der Waals surface area contributed by atoms with Crippen LogP contribution in [0.2, 0.25) is 0 Å². The normalized spacial score (nSPS) is 11.1. The zero-order chi connectivity index (χ0) is 19.2. The van der Waals surface area contributed by atoms with E-state index in [9.17, 15) is 0 Å². The lowest BCUT2D eigenvalue weighted by molar-refractivity contribution is 0.436. The van der Waals surface area contributed by atoms with Crippen molar-refractivity contribution in [3.8, 4) is 0 Å². The largest absolute Gasteiger partial charge is 0.750 e. The molecule has 0 aliphatic carbocycles. The number of hydrogen-bond acceptors (Lipinski definition) is 2. The summed E-state index contributed by atoms with van der Waals surface area (Å²) in [5.74, 6) is 0. The Hall–Kier alpha value is 1.22. The van der Waals surface area contributed by atoms with Crippen molar-refractivity contribution in [2.45, 2.75) is 80.1 Å². The van der Waals surface area contributed by atoms with Crippen molar-refractivity contribution in [2.75, 3.05) is 37.0 Å². The maximum Gasteiger partial charge on any atom is 0.0814 e. The fourth-order valence-electron chi connectivity index (χ4n) is 2.57.